The summed E-state index contributed by atoms with van der Waals surface area (Å²) in [5.74, 6) is 1.67. The molecule has 0 spiro atoms. The maximum Gasteiger partial charge on any atom is 0.257 e. The van der Waals surface area contributed by atoms with Crippen LogP contribution in [-0.2, 0) is 18.7 Å². The fraction of sp³-hybridized carbons (Fsp3) is 0.250. The monoisotopic (exact) mass is 386 g/mol. The number of amides is 1. The summed E-state index contributed by atoms with van der Waals surface area (Å²) in [6.45, 7) is 0.260. The van der Waals surface area contributed by atoms with E-state index in [-0.39, 0.29) is 18.3 Å². The first-order valence-electron chi connectivity index (χ1n) is 8.49. The topological polar surface area (TPSA) is 25.2 Å². The number of benzene rings is 1. The van der Waals surface area contributed by atoms with Crippen LogP contribution in [0.25, 0.3) is 5.00 Å². The van der Waals surface area contributed by atoms with Crippen molar-refractivity contribution in [2.45, 2.75) is 18.7 Å². The smallest absolute Gasteiger partial charge is 0.257 e. The third-order valence-corrected chi connectivity index (χ3v) is 6.98. The standard InChI is InChI=1S/C20H19FN2OS2/c1-22(12-14-6-2-3-7-16(14)21)19(24)18-15-8-11-25-13-17(15)26-20(18)23-9-4-5-10-23/h2-7,9-10H,8,11-13H2,1H3. The number of hydrogen-bond donors (Lipinski definition) is 0. The number of nitrogens with zero attached hydrogens (tertiary/aromatic N) is 2. The highest BCUT2D eigenvalue weighted by Crippen LogP contribution is 2.39. The van der Waals surface area contributed by atoms with Gasteiger partial charge in [-0.05, 0) is 35.9 Å². The lowest BCUT2D eigenvalue weighted by molar-refractivity contribution is 0.0783. The number of rotatable bonds is 4. The predicted octanol–water partition coefficient (Wildman–Crippen LogP) is 4.74. The minimum Gasteiger partial charge on any atom is -0.337 e. The molecule has 2 aromatic heterocycles. The van der Waals surface area contributed by atoms with E-state index in [1.54, 1.807) is 41.5 Å². The van der Waals surface area contributed by atoms with E-state index < -0.39 is 0 Å². The number of carbonyl (C=O) groups is 1. The zero-order valence-corrected chi connectivity index (χ0v) is 16.1. The van der Waals surface area contributed by atoms with Gasteiger partial charge in [0.15, 0.2) is 0 Å². The average Bonchev–Trinajstić information content (AvgIpc) is 3.30. The molecule has 1 aromatic carbocycles. The van der Waals surface area contributed by atoms with E-state index >= 15 is 0 Å². The Balaban J connectivity index is 1.71. The lowest BCUT2D eigenvalue weighted by Gasteiger charge is -2.20. The molecule has 0 saturated heterocycles. The number of thioether (sulfide) groups is 1. The summed E-state index contributed by atoms with van der Waals surface area (Å²) >= 11 is 3.60. The molecule has 3 nitrogen and oxygen atoms in total. The molecular weight excluding hydrogens is 367 g/mol. The summed E-state index contributed by atoms with van der Waals surface area (Å²) in [5.41, 5.74) is 2.48. The van der Waals surface area contributed by atoms with Gasteiger partial charge < -0.3 is 9.47 Å². The van der Waals surface area contributed by atoms with Gasteiger partial charge in [-0.1, -0.05) is 18.2 Å². The van der Waals surface area contributed by atoms with Crippen molar-refractivity contribution in [2.75, 3.05) is 12.8 Å². The zero-order valence-electron chi connectivity index (χ0n) is 14.4. The van der Waals surface area contributed by atoms with E-state index in [4.69, 9.17) is 0 Å². The lowest BCUT2D eigenvalue weighted by Crippen LogP contribution is -2.28. The molecule has 0 unspecified atom stereocenters. The van der Waals surface area contributed by atoms with Crippen LogP contribution < -0.4 is 0 Å². The third-order valence-electron chi connectivity index (χ3n) is 4.57. The quantitative estimate of drug-likeness (QED) is 0.647. The molecule has 3 aromatic rings. The Bertz CT molecular complexity index is 933. The van der Waals surface area contributed by atoms with Gasteiger partial charge in [-0.15, -0.1) is 11.3 Å². The third kappa shape index (κ3) is 3.19. The van der Waals surface area contributed by atoms with Crippen molar-refractivity contribution in [3.8, 4) is 5.00 Å². The summed E-state index contributed by atoms with van der Waals surface area (Å²) in [4.78, 5) is 16.2. The number of aromatic nitrogens is 1. The molecule has 0 N–H and O–H groups in total. The Morgan fingerprint density at radius 3 is 2.77 bits per heavy atom. The van der Waals surface area contributed by atoms with E-state index in [9.17, 15) is 9.18 Å². The Morgan fingerprint density at radius 2 is 2.00 bits per heavy atom. The van der Waals surface area contributed by atoms with Crippen LogP contribution in [0.5, 0.6) is 0 Å². The van der Waals surface area contributed by atoms with Crippen LogP contribution in [0.2, 0.25) is 0 Å². The van der Waals surface area contributed by atoms with Gasteiger partial charge in [-0.2, -0.15) is 11.8 Å². The van der Waals surface area contributed by atoms with Crippen LogP contribution in [-0.4, -0.2) is 28.2 Å². The van der Waals surface area contributed by atoms with Gasteiger partial charge in [0.05, 0.1) is 5.56 Å². The highest BCUT2D eigenvalue weighted by atomic mass is 32.2. The lowest BCUT2D eigenvalue weighted by atomic mass is 10.1. The van der Waals surface area contributed by atoms with Crippen molar-refractivity contribution in [2.24, 2.45) is 0 Å². The summed E-state index contributed by atoms with van der Waals surface area (Å²) in [7, 11) is 1.75. The molecule has 0 radical (unpaired) electrons. The molecule has 1 aliphatic heterocycles. The van der Waals surface area contributed by atoms with Crippen molar-refractivity contribution in [1.29, 1.82) is 0 Å². The summed E-state index contributed by atoms with van der Waals surface area (Å²) in [6.07, 6.45) is 4.85. The predicted molar refractivity (Wildman–Crippen MR) is 106 cm³/mol. The van der Waals surface area contributed by atoms with E-state index in [1.165, 1.54) is 16.5 Å². The summed E-state index contributed by atoms with van der Waals surface area (Å²) < 4.78 is 16.0. The molecule has 26 heavy (non-hydrogen) atoms. The number of hydrogen-bond acceptors (Lipinski definition) is 3. The number of halogens is 1. The van der Waals surface area contributed by atoms with Crippen LogP contribution in [0.15, 0.2) is 48.8 Å². The Morgan fingerprint density at radius 1 is 1.23 bits per heavy atom. The zero-order chi connectivity index (χ0) is 18.1. The van der Waals surface area contributed by atoms with Gasteiger partial charge in [-0.3, -0.25) is 4.79 Å². The van der Waals surface area contributed by atoms with Crippen LogP contribution in [0.1, 0.15) is 26.4 Å². The van der Waals surface area contributed by atoms with E-state index in [2.05, 4.69) is 0 Å². The highest BCUT2D eigenvalue weighted by Gasteiger charge is 2.28. The first kappa shape index (κ1) is 17.4. The van der Waals surface area contributed by atoms with Crippen molar-refractivity contribution in [1.82, 2.24) is 9.47 Å². The molecule has 3 heterocycles. The average molecular weight is 387 g/mol. The molecule has 0 bridgehead atoms. The van der Waals surface area contributed by atoms with Crippen molar-refractivity contribution >= 4 is 29.0 Å². The summed E-state index contributed by atoms with van der Waals surface area (Å²) in [6, 6.07) is 10.5. The Kier molecular flexibility index (Phi) is 4.87. The Labute approximate surface area is 160 Å². The fourth-order valence-corrected chi connectivity index (χ4v) is 5.67. The molecule has 0 fully saturated rings. The molecule has 0 atom stereocenters. The second kappa shape index (κ2) is 7.29. The molecular formula is C20H19FN2OS2. The first-order chi connectivity index (χ1) is 12.6. The SMILES string of the molecule is CN(Cc1ccccc1F)C(=O)c1c(-n2cccc2)sc2c1CCSC2. The number of carbonyl (C=O) groups excluding carboxylic acids is 1. The van der Waals surface area contributed by atoms with Crippen molar-refractivity contribution in [3.63, 3.8) is 0 Å². The fourth-order valence-electron chi connectivity index (χ4n) is 3.23. The molecule has 6 heteroatoms. The van der Waals surface area contributed by atoms with Crippen molar-refractivity contribution in [3.05, 3.63) is 76.2 Å². The minimum absolute atomic E-state index is 0.0404. The van der Waals surface area contributed by atoms with E-state index in [0.717, 1.165) is 28.5 Å². The molecule has 4 rings (SSSR count). The minimum atomic E-state index is -0.276. The molecule has 134 valence electrons. The molecule has 1 amide bonds. The van der Waals surface area contributed by atoms with E-state index in [1.807, 2.05) is 40.9 Å². The molecule has 1 aliphatic rings. The largest absolute Gasteiger partial charge is 0.337 e. The Hall–Kier alpha value is -2.05. The van der Waals surface area contributed by atoms with Gasteiger partial charge >= 0.3 is 0 Å². The maximum absolute atomic E-state index is 14.0. The highest BCUT2D eigenvalue weighted by molar-refractivity contribution is 7.98. The van der Waals surface area contributed by atoms with Crippen LogP contribution in [0.3, 0.4) is 0 Å². The maximum atomic E-state index is 14.0. The first-order valence-corrected chi connectivity index (χ1v) is 10.5. The second-order valence-corrected chi connectivity index (χ2v) is 8.52. The molecule has 0 saturated carbocycles. The van der Waals surface area contributed by atoms with Gasteiger partial charge in [0.25, 0.3) is 5.91 Å². The van der Waals surface area contributed by atoms with Crippen LogP contribution in [0.4, 0.5) is 4.39 Å². The van der Waals surface area contributed by atoms with Gasteiger partial charge in [0.1, 0.15) is 10.8 Å². The molecule has 0 aliphatic carbocycles. The van der Waals surface area contributed by atoms with Gasteiger partial charge in [0.2, 0.25) is 0 Å². The number of thiophene rings is 1. The van der Waals surface area contributed by atoms with Crippen molar-refractivity contribution < 1.29 is 9.18 Å². The number of fused-ring (bicyclic) bond motifs is 1. The summed E-state index contributed by atoms with van der Waals surface area (Å²) in [5, 5.41) is 0.966. The van der Waals surface area contributed by atoms with Crippen LogP contribution >= 0.6 is 23.1 Å². The normalized spacial score (nSPS) is 13.5. The van der Waals surface area contributed by atoms with Gasteiger partial charge in [-0.25, -0.2) is 4.39 Å². The van der Waals surface area contributed by atoms with Crippen LogP contribution in [0, 0.1) is 5.82 Å². The van der Waals surface area contributed by atoms with Gasteiger partial charge in [0, 0.05) is 42.2 Å². The second-order valence-electron chi connectivity index (χ2n) is 6.33. The van der Waals surface area contributed by atoms with E-state index in [0.29, 0.717) is 5.56 Å².